The van der Waals surface area contributed by atoms with Crippen LogP contribution in [0.1, 0.15) is 36.0 Å². The summed E-state index contributed by atoms with van der Waals surface area (Å²) in [6.45, 7) is 5.39. The topological polar surface area (TPSA) is 58.5 Å². The van der Waals surface area contributed by atoms with Gasteiger partial charge < -0.3 is 15.4 Å². The molecule has 27 heavy (non-hydrogen) atoms. The highest BCUT2D eigenvalue weighted by molar-refractivity contribution is 7.09. The van der Waals surface area contributed by atoms with Gasteiger partial charge in [0.1, 0.15) is 10.8 Å². The van der Waals surface area contributed by atoms with Crippen molar-refractivity contribution >= 4 is 17.3 Å². The summed E-state index contributed by atoms with van der Waals surface area (Å²) in [6.07, 6.45) is -4.03. The van der Waals surface area contributed by atoms with Gasteiger partial charge in [-0.3, -0.25) is 4.99 Å². The van der Waals surface area contributed by atoms with Crippen LogP contribution in [0.4, 0.5) is 13.2 Å². The molecule has 1 aromatic carbocycles. The minimum absolute atomic E-state index is 0.221. The molecule has 1 heterocycles. The number of nitrogens with zero attached hydrogens (tertiary/aromatic N) is 2. The number of alkyl halides is 3. The minimum Gasteiger partial charge on any atom is -0.406 e. The second kappa shape index (κ2) is 9.59. The van der Waals surface area contributed by atoms with E-state index in [1.165, 1.54) is 12.1 Å². The SMILES string of the molecule is CN=C(NCCc1ccc(OC(F)(F)F)cc1)NCc1nc(C(C)C)cs1. The summed E-state index contributed by atoms with van der Waals surface area (Å²) in [5, 5.41) is 9.42. The molecule has 148 valence electrons. The van der Waals surface area contributed by atoms with Gasteiger partial charge in [-0.05, 0) is 30.0 Å². The van der Waals surface area contributed by atoms with Crippen molar-refractivity contribution in [2.45, 2.75) is 39.1 Å². The van der Waals surface area contributed by atoms with E-state index < -0.39 is 6.36 Å². The molecule has 0 bridgehead atoms. The molecule has 0 aliphatic heterocycles. The van der Waals surface area contributed by atoms with Crippen molar-refractivity contribution in [3.05, 3.63) is 45.9 Å². The molecule has 0 atom stereocenters. The van der Waals surface area contributed by atoms with Crippen LogP contribution >= 0.6 is 11.3 Å². The molecule has 2 rings (SSSR count). The van der Waals surface area contributed by atoms with Gasteiger partial charge in [-0.1, -0.05) is 26.0 Å². The minimum atomic E-state index is -4.67. The van der Waals surface area contributed by atoms with Crippen molar-refractivity contribution in [1.82, 2.24) is 15.6 Å². The van der Waals surface area contributed by atoms with Crippen LogP contribution in [0.2, 0.25) is 0 Å². The molecule has 9 heteroatoms. The first-order chi connectivity index (χ1) is 12.8. The lowest BCUT2D eigenvalue weighted by Gasteiger charge is -2.12. The van der Waals surface area contributed by atoms with Crippen molar-refractivity contribution in [3.63, 3.8) is 0 Å². The Balaban J connectivity index is 1.75. The van der Waals surface area contributed by atoms with Crippen LogP contribution in [0.5, 0.6) is 5.75 Å². The standard InChI is InChI=1S/C18H23F3N4OS/c1-12(2)15-11-27-16(25-15)10-24-17(22-3)23-9-8-13-4-6-14(7-5-13)26-18(19,20)21/h4-7,11-12H,8-10H2,1-3H3,(H2,22,23,24). The lowest BCUT2D eigenvalue weighted by molar-refractivity contribution is -0.274. The lowest BCUT2D eigenvalue weighted by atomic mass is 10.1. The molecule has 0 radical (unpaired) electrons. The number of benzene rings is 1. The summed E-state index contributed by atoms with van der Waals surface area (Å²) in [5.74, 6) is 0.828. The fourth-order valence-corrected chi connectivity index (χ4v) is 3.13. The highest BCUT2D eigenvalue weighted by Crippen LogP contribution is 2.22. The predicted octanol–water partition coefficient (Wildman–Crippen LogP) is 4.07. The zero-order valence-corrected chi connectivity index (χ0v) is 16.2. The summed E-state index contributed by atoms with van der Waals surface area (Å²) >= 11 is 1.61. The molecule has 1 aromatic heterocycles. The zero-order valence-electron chi connectivity index (χ0n) is 15.4. The molecular weight excluding hydrogens is 377 g/mol. The van der Waals surface area contributed by atoms with E-state index in [-0.39, 0.29) is 5.75 Å². The normalized spacial score (nSPS) is 12.3. The quantitative estimate of drug-likeness (QED) is 0.543. The molecule has 5 nitrogen and oxygen atoms in total. The van der Waals surface area contributed by atoms with Gasteiger partial charge in [-0.25, -0.2) is 4.98 Å². The molecule has 2 N–H and O–H groups in total. The Hall–Kier alpha value is -2.29. The Bertz CT molecular complexity index is 742. The lowest BCUT2D eigenvalue weighted by Crippen LogP contribution is -2.37. The van der Waals surface area contributed by atoms with Gasteiger partial charge in [0.05, 0.1) is 12.2 Å². The van der Waals surface area contributed by atoms with E-state index in [2.05, 4.69) is 44.6 Å². The van der Waals surface area contributed by atoms with E-state index in [1.807, 2.05) is 0 Å². The van der Waals surface area contributed by atoms with E-state index in [0.717, 1.165) is 16.3 Å². The number of guanidine groups is 1. The smallest absolute Gasteiger partial charge is 0.406 e. The summed E-state index contributed by atoms with van der Waals surface area (Å²) < 4.78 is 40.3. The Morgan fingerprint density at radius 2 is 1.93 bits per heavy atom. The maximum Gasteiger partial charge on any atom is 0.573 e. The van der Waals surface area contributed by atoms with E-state index in [4.69, 9.17) is 0 Å². The van der Waals surface area contributed by atoms with E-state index in [0.29, 0.717) is 31.4 Å². The Kier molecular flexibility index (Phi) is 7.46. The van der Waals surface area contributed by atoms with Gasteiger partial charge in [0.25, 0.3) is 0 Å². The fourth-order valence-electron chi connectivity index (χ4n) is 2.23. The largest absolute Gasteiger partial charge is 0.573 e. The third-order valence-corrected chi connectivity index (χ3v) is 4.52. The summed E-state index contributed by atoms with van der Waals surface area (Å²) in [4.78, 5) is 8.72. The molecule has 0 spiro atoms. The van der Waals surface area contributed by atoms with Crippen molar-refractivity contribution in [1.29, 1.82) is 0 Å². The van der Waals surface area contributed by atoms with Gasteiger partial charge in [0.15, 0.2) is 5.96 Å². The Labute approximate surface area is 160 Å². The highest BCUT2D eigenvalue weighted by Gasteiger charge is 2.30. The molecule has 2 aromatic rings. The van der Waals surface area contributed by atoms with Gasteiger partial charge in [-0.15, -0.1) is 24.5 Å². The van der Waals surface area contributed by atoms with Crippen LogP contribution in [-0.4, -0.2) is 30.9 Å². The van der Waals surface area contributed by atoms with E-state index >= 15 is 0 Å². The molecular formula is C18H23F3N4OS. The van der Waals surface area contributed by atoms with Crippen LogP contribution in [0.15, 0.2) is 34.6 Å². The maximum atomic E-state index is 12.2. The average molecular weight is 400 g/mol. The highest BCUT2D eigenvalue weighted by atomic mass is 32.1. The number of hydrogen-bond donors (Lipinski definition) is 2. The fraction of sp³-hybridized carbons (Fsp3) is 0.444. The zero-order chi connectivity index (χ0) is 19.9. The van der Waals surface area contributed by atoms with Crippen LogP contribution in [0.3, 0.4) is 0 Å². The number of hydrogen-bond acceptors (Lipinski definition) is 4. The molecule has 0 unspecified atom stereocenters. The van der Waals surface area contributed by atoms with Crippen LogP contribution in [-0.2, 0) is 13.0 Å². The maximum absolute atomic E-state index is 12.2. The summed E-state index contributed by atoms with van der Waals surface area (Å²) in [5.41, 5.74) is 1.98. The summed E-state index contributed by atoms with van der Waals surface area (Å²) in [6, 6.07) is 5.85. The molecule has 0 saturated heterocycles. The average Bonchev–Trinajstić information content (AvgIpc) is 3.07. The van der Waals surface area contributed by atoms with Gasteiger partial charge >= 0.3 is 6.36 Å². The second-order valence-corrected chi connectivity index (χ2v) is 7.06. The molecule has 0 aliphatic rings. The first kappa shape index (κ1) is 21.0. The number of nitrogens with one attached hydrogen (secondary N) is 2. The number of aliphatic imine (C=N–C) groups is 1. The first-order valence-corrected chi connectivity index (χ1v) is 9.38. The van der Waals surface area contributed by atoms with E-state index in [9.17, 15) is 13.2 Å². The van der Waals surface area contributed by atoms with Crippen molar-refractivity contribution in [2.75, 3.05) is 13.6 Å². The third kappa shape index (κ3) is 7.46. The van der Waals surface area contributed by atoms with E-state index in [1.54, 1.807) is 30.5 Å². The van der Waals surface area contributed by atoms with Crippen molar-refractivity contribution < 1.29 is 17.9 Å². The van der Waals surface area contributed by atoms with Crippen molar-refractivity contribution in [2.24, 2.45) is 4.99 Å². The van der Waals surface area contributed by atoms with Crippen LogP contribution in [0.25, 0.3) is 0 Å². The number of aromatic nitrogens is 1. The molecule has 0 fully saturated rings. The van der Waals surface area contributed by atoms with Crippen LogP contribution in [0, 0.1) is 0 Å². The third-order valence-electron chi connectivity index (χ3n) is 3.65. The second-order valence-electron chi connectivity index (χ2n) is 6.12. The monoisotopic (exact) mass is 400 g/mol. The summed E-state index contributed by atoms with van der Waals surface area (Å²) in [7, 11) is 1.68. The van der Waals surface area contributed by atoms with Gasteiger partial charge in [-0.2, -0.15) is 0 Å². The molecule has 0 saturated carbocycles. The van der Waals surface area contributed by atoms with Gasteiger partial charge in [0.2, 0.25) is 0 Å². The number of ether oxygens (including phenoxy) is 1. The predicted molar refractivity (Wildman–Crippen MR) is 101 cm³/mol. The first-order valence-electron chi connectivity index (χ1n) is 8.50. The number of rotatable bonds is 7. The Morgan fingerprint density at radius 3 is 2.48 bits per heavy atom. The number of thiazole rings is 1. The molecule has 0 aliphatic carbocycles. The van der Waals surface area contributed by atoms with Crippen molar-refractivity contribution in [3.8, 4) is 5.75 Å². The van der Waals surface area contributed by atoms with Gasteiger partial charge in [0, 0.05) is 19.0 Å². The Morgan fingerprint density at radius 1 is 1.22 bits per heavy atom. The van der Waals surface area contributed by atoms with Crippen LogP contribution < -0.4 is 15.4 Å². The molecule has 0 amide bonds. The number of halogens is 3.